The van der Waals surface area contributed by atoms with E-state index < -0.39 is 11.9 Å². The Morgan fingerprint density at radius 3 is 2.50 bits per heavy atom. The molecular formula is C9H17N3O3S. The molecule has 16 heavy (non-hydrogen) atoms. The van der Waals surface area contributed by atoms with Crippen LogP contribution in [-0.2, 0) is 14.4 Å². The van der Waals surface area contributed by atoms with Crippen LogP contribution in [0.1, 0.15) is 13.8 Å². The van der Waals surface area contributed by atoms with E-state index in [0.717, 1.165) is 0 Å². The topological polar surface area (TPSA) is 101 Å². The van der Waals surface area contributed by atoms with Gasteiger partial charge in [-0.2, -0.15) is 0 Å². The van der Waals surface area contributed by atoms with E-state index in [9.17, 15) is 14.4 Å². The number of rotatable bonds is 7. The first-order valence-electron chi connectivity index (χ1n) is 4.86. The molecule has 0 spiro atoms. The van der Waals surface area contributed by atoms with Gasteiger partial charge in [-0.25, -0.2) is 0 Å². The Labute approximate surface area is 98.7 Å². The van der Waals surface area contributed by atoms with Gasteiger partial charge in [-0.3, -0.25) is 14.4 Å². The molecule has 0 radical (unpaired) electrons. The molecule has 92 valence electrons. The molecule has 0 saturated heterocycles. The second kappa shape index (κ2) is 8.12. The zero-order valence-electron chi connectivity index (χ0n) is 9.41. The maximum Gasteiger partial charge on any atom is 0.237 e. The minimum absolute atomic E-state index is 0.0487. The molecule has 0 aliphatic rings. The third kappa shape index (κ3) is 8.25. The molecule has 0 unspecified atom stereocenters. The Morgan fingerprint density at radius 2 is 2.00 bits per heavy atom. The lowest BCUT2D eigenvalue weighted by atomic mass is 10.3. The van der Waals surface area contributed by atoms with Gasteiger partial charge in [-0.1, -0.05) is 11.8 Å². The van der Waals surface area contributed by atoms with Crippen LogP contribution in [0.25, 0.3) is 0 Å². The van der Waals surface area contributed by atoms with Crippen molar-refractivity contribution < 1.29 is 14.4 Å². The largest absolute Gasteiger partial charge is 0.368 e. The summed E-state index contributed by atoms with van der Waals surface area (Å²) >= 11 is 1.20. The third-order valence-corrected chi connectivity index (χ3v) is 2.50. The number of nitrogens with two attached hydrogens (primary N) is 1. The molecule has 0 aromatic carbocycles. The molecule has 2 amide bonds. The number of carbonyl (C=O) groups is 3. The molecule has 6 nitrogen and oxygen atoms in total. The zero-order chi connectivity index (χ0) is 12.6. The standard InChI is InChI=1S/C9H17N3O3S/c1-6(9(15)12-5-8(10)14)11-3-4-16-7(2)13/h6,11H,3-5H2,1-2H3,(H2,10,14)(H,12,15)/t6-/m0/s1. The van der Waals surface area contributed by atoms with Gasteiger partial charge in [-0.05, 0) is 6.92 Å². The number of hydrogen-bond donors (Lipinski definition) is 3. The summed E-state index contributed by atoms with van der Waals surface area (Å²) in [4.78, 5) is 32.3. The van der Waals surface area contributed by atoms with Gasteiger partial charge >= 0.3 is 0 Å². The second-order valence-corrected chi connectivity index (χ2v) is 4.47. The highest BCUT2D eigenvalue weighted by molar-refractivity contribution is 8.13. The Balaban J connectivity index is 3.62. The van der Waals surface area contributed by atoms with Crippen LogP contribution in [-0.4, -0.2) is 41.8 Å². The van der Waals surface area contributed by atoms with Crippen molar-refractivity contribution >= 4 is 28.7 Å². The van der Waals surface area contributed by atoms with Gasteiger partial charge in [0.25, 0.3) is 0 Å². The highest BCUT2D eigenvalue weighted by Gasteiger charge is 2.11. The fourth-order valence-electron chi connectivity index (χ4n) is 0.890. The first-order chi connectivity index (χ1) is 7.43. The average molecular weight is 247 g/mol. The van der Waals surface area contributed by atoms with Gasteiger partial charge in [0.05, 0.1) is 12.6 Å². The first kappa shape index (κ1) is 14.9. The van der Waals surface area contributed by atoms with Crippen LogP contribution in [0.4, 0.5) is 0 Å². The van der Waals surface area contributed by atoms with Gasteiger partial charge in [-0.15, -0.1) is 0 Å². The quantitative estimate of drug-likeness (QED) is 0.493. The summed E-state index contributed by atoms with van der Waals surface area (Å²) in [5.74, 6) is -0.248. The lowest BCUT2D eigenvalue weighted by Gasteiger charge is -2.12. The van der Waals surface area contributed by atoms with E-state index in [0.29, 0.717) is 12.3 Å². The van der Waals surface area contributed by atoms with E-state index >= 15 is 0 Å². The molecule has 7 heteroatoms. The highest BCUT2D eigenvalue weighted by Crippen LogP contribution is 1.98. The summed E-state index contributed by atoms with van der Waals surface area (Å²) in [6.07, 6.45) is 0. The van der Waals surface area contributed by atoms with E-state index in [2.05, 4.69) is 10.6 Å². The van der Waals surface area contributed by atoms with E-state index in [4.69, 9.17) is 5.73 Å². The van der Waals surface area contributed by atoms with Crippen LogP contribution in [0.15, 0.2) is 0 Å². The summed E-state index contributed by atoms with van der Waals surface area (Å²) in [6.45, 7) is 3.56. The van der Waals surface area contributed by atoms with Gasteiger partial charge in [0.2, 0.25) is 11.8 Å². The summed E-state index contributed by atoms with van der Waals surface area (Å²) in [7, 11) is 0. The van der Waals surface area contributed by atoms with Crippen molar-refractivity contribution in [3.05, 3.63) is 0 Å². The summed E-state index contributed by atoms with van der Waals surface area (Å²) in [5, 5.41) is 5.35. The minimum Gasteiger partial charge on any atom is -0.368 e. The first-order valence-corrected chi connectivity index (χ1v) is 5.84. The van der Waals surface area contributed by atoms with Crippen molar-refractivity contribution in [2.45, 2.75) is 19.9 Å². The smallest absolute Gasteiger partial charge is 0.237 e. The van der Waals surface area contributed by atoms with Gasteiger partial charge < -0.3 is 16.4 Å². The summed E-state index contributed by atoms with van der Waals surface area (Å²) < 4.78 is 0. The maximum atomic E-state index is 11.3. The van der Waals surface area contributed by atoms with Gasteiger partial charge in [0, 0.05) is 19.2 Å². The molecule has 0 aliphatic heterocycles. The summed E-state index contributed by atoms with van der Waals surface area (Å²) in [5.41, 5.74) is 4.88. The van der Waals surface area contributed by atoms with E-state index in [-0.39, 0.29) is 17.6 Å². The van der Waals surface area contributed by atoms with Crippen LogP contribution in [0.5, 0.6) is 0 Å². The maximum absolute atomic E-state index is 11.3. The van der Waals surface area contributed by atoms with Crippen molar-refractivity contribution in [2.75, 3.05) is 18.8 Å². The number of hydrogen-bond acceptors (Lipinski definition) is 5. The van der Waals surface area contributed by atoms with Crippen molar-refractivity contribution in [3.8, 4) is 0 Å². The van der Waals surface area contributed by atoms with Crippen molar-refractivity contribution in [1.29, 1.82) is 0 Å². The molecular weight excluding hydrogens is 230 g/mol. The fourth-order valence-corrected chi connectivity index (χ4v) is 1.40. The number of nitrogens with one attached hydrogen (secondary N) is 2. The predicted molar refractivity (Wildman–Crippen MR) is 62.8 cm³/mol. The Bertz CT molecular complexity index is 271. The molecule has 0 heterocycles. The lowest BCUT2D eigenvalue weighted by Crippen LogP contribution is -2.45. The Hall–Kier alpha value is -1.08. The minimum atomic E-state index is -0.576. The molecule has 0 aromatic rings. The van der Waals surface area contributed by atoms with Gasteiger partial charge in [0.1, 0.15) is 0 Å². The number of amides is 2. The summed E-state index contributed by atoms with van der Waals surface area (Å²) in [6, 6.07) is -0.410. The predicted octanol–water partition coefficient (Wildman–Crippen LogP) is -1.15. The molecule has 1 atom stereocenters. The van der Waals surface area contributed by atoms with Crippen LogP contribution in [0.2, 0.25) is 0 Å². The number of carbonyl (C=O) groups excluding carboxylic acids is 3. The van der Waals surface area contributed by atoms with Crippen LogP contribution in [0.3, 0.4) is 0 Å². The normalized spacial score (nSPS) is 11.9. The third-order valence-electron chi connectivity index (χ3n) is 1.69. The van der Waals surface area contributed by atoms with E-state index in [1.54, 1.807) is 6.92 Å². The van der Waals surface area contributed by atoms with Crippen molar-refractivity contribution in [3.63, 3.8) is 0 Å². The molecule has 0 aromatic heterocycles. The van der Waals surface area contributed by atoms with Crippen molar-refractivity contribution in [1.82, 2.24) is 10.6 Å². The molecule has 0 saturated carbocycles. The monoisotopic (exact) mass is 247 g/mol. The van der Waals surface area contributed by atoms with Crippen LogP contribution >= 0.6 is 11.8 Å². The molecule has 4 N–H and O–H groups in total. The zero-order valence-corrected chi connectivity index (χ0v) is 10.2. The molecule has 0 fully saturated rings. The van der Waals surface area contributed by atoms with E-state index in [1.165, 1.54) is 18.7 Å². The number of thioether (sulfide) groups is 1. The second-order valence-electron chi connectivity index (χ2n) is 3.20. The molecule has 0 aliphatic carbocycles. The van der Waals surface area contributed by atoms with Crippen LogP contribution in [0, 0.1) is 0 Å². The van der Waals surface area contributed by atoms with Crippen molar-refractivity contribution in [2.24, 2.45) is 5.73 Å². The Morgan fingerprint density at radius 1 is 1.38 bits per heavy atom. The highest BCUT2D eigenvalue weighted by atomic mass is 32.2. The average Bonchev–Trinajstić information content (AvgIpc) is 2.20. The van der Waals surface area contributed by atoms with E-state index in [1.807, 2.05) is 0 Å². The van der Waals surface area contributed by atoms with Crippen LogP contribution < -0.4 is 16.4 Å². The molecule has 0 bridgehead atoms. The lowest BCUT2D eigenvalue weighted by molar-refractivity contribution is -0.125. The number of primary amides is 1. The SMILES string of the molecule is CC(=O)SCCN[C@@H](C)C(=O)NCC(N)=O. The van der Waals surface area contributed by atoms with Gasteiger partial charge in [0.15, 0.2) is 5.12 Å². The fraction of sp³-hybridized carbons (Fsp3) is 0.667. The molecule has 0 rings (SSSR count). The Kier molecular flexibility index (Phi) is 7.57.